The highest BCUT2D eigenvalue weighted by molar-refractivity contribution is 5.26. The summed E-state index contributed by atoms with van der Waals surface area (Å²) in [7, 11) is 1.76. The van der Waals surface area contributed by atoms with Crippen LogP contribution in [0.3, 0.4) is 0 Å². The Morgan fingerprint density at radius 2 is 2.05 bits per heavy atom. The zero-order valence-corrected chi connectivity index (χ0v) is 11.8. The lowest BCUT2D eigenvalue weighted by atomic mass is 10.0. The highest BCUT2D eigenvalue weighted by atomic mass is 16.5. The van der Waals surface area contributed by atoms with E-state index in [4.69, 9.17) is 4.74 Å². The lowest BCUT2D eigenvalue weighted by Gasteiger charge is -2.22. The first kappa shape index (κ1) is 13.1. The molecule has 19 heavy (non-hydrogen) atoms. The van der Waals surface area contributed by atoms with Crippen LogP contribution in [0, 0.1) is 0 Å². The van der Waals surface area contributed by atoms with Gasteiger partial charge in [-0.25, -0.2) is 0 Å². The molecule has 2 aliphatic heterocycles. The van der Waals surface area contributed by atoms with Crippen molar-refractivity contribution >= 4 is 0 Å². The van der Waals surface area contributed by atoms with Crippen LogP contribution < -0.4 is 5.32 Å². The monoisotopic (exact) mass is 260 g/mol. The fourth-order valence-electron chi connectivity index (χ4n) is 3.59. The maximum absolute atomic E-state index is 5.27. The number of benzene rings is 1. The van der Waals surface area contributed by atoms with Gasteiger partial charge in [-0.05, 0) is 36.9 Å². The average Bonchev–Trinajstić information content (AvgIpc) is 3.02. The van der Waals surface area contributed by atoms with Crippen molar-refractivity contribution in [2.24, 2.45) is 0 Å². The number of hydrogen-bond acceptors (Lipinski definition) is 3. The van der Waals surface area contributed by atoms with Crippen molar-refractivity contribution in [3.05, 3.63) is 35.4 Å². The number of hydrogen-bond donors (Lipinski definition) is 1. The van der Waals surface area contributed by atoms with E-state index in [1.807, 2.05) is 0 Å². The van der Waals surface area contributed by atoms with Crippen LogP contribution in [0.2, 0.25) is 0 Å². The van der Waals surface area contributed by atoms with Gasteiger partial charge in [0.2, 0.25) is 0 Å². The molecule has 104 valence electrons. The molecular weight excluding hydrogens is 236 g/mol. The van der Waals surface area contributed by atoms with E-state index in [2.05, 4.69) is 34.5 Å². The zero-order chi connectivity index (χ0) is 13.1. The smallest absolute Gasteiger partial charge is 0.0716 e. The first-order valence-corrected chi connectivity index (χ1v) is 7.41. The Balaban J connectivity index is 1.60. The Kier molecular flexibility index (Phi) is 4.16. The van der Waals surface area contributed by atoms with Gasteiger partial charge >= 0.3 is 0 Å². The lowest BCUT2D eigenvalue weighted by molar-refractivity contribution is 0.184. The summed E-state index contributed by atoms with van der Waals surface area (Å²) in [6.45, 7) is 4.26. The molecule has 0 bridgehead atoms. The summed E-state index contributed by atoms with van der Waals surface area (Å²) in [5.74, 6) is 0. The van der Waals surface area contributed by atoms with Crippen molar-refractivity contribution in [3.63, 3.8) is 0 Å². The highest BCUT2D eigenvalue weighted by Gasteiger charge is 2.36. The molecule has 3 heteroatoms. The van der Waals surface area contributed by atoms with Crippen LogP contribution in [0.15, 0.2) is 24.3 Å². The van der Waals surface area contributed by atoms with Crippen molar-refractivity contribution < 1.29 is 4.74 Å². The zero-order valence-electron chi connectivity index (χ0n) is 11.8. The molecule has 0 aliphatic carbocycles. The summed E-state index contributed by atoms with van der Waals surface area (Å²) in [5, 5.41) is 3.77. The minimum absolute atomic E-state index is 0.679. The van der Waals surface area contributed by atoms with Gasteiger partial charge in [0.25, 0.3) is 0 Å². The summed E-state index contributed by atoms with van der Waals surface area (Å²) in [5.41, 5.74) is 2.68. The normalized spacial score (nSPS) is 26.8. The van der Waals surface area contributed by atoms with Gasteiger partial charge in [-0.3, -0.25) is 4.90 Å². The van der Waals surface area contributed by atoms with Gasteiger partial charge in [-0.15, -0.1) is 0 Å². The molecule has 3 rings (SSSR count). The van der Waals surface area contributed by atoms with Gasteiger partial charge in [0, 0.05) is 32.3 Å². The van der Waals surface area contributed by atoms with E-state index in [-0.39, 0.29) is 0 Å². The standard InChI is InChI=1S/C16H24N2O/c1-19-12-14-6-3-2-5-13(14)11-17-15-8-10-18-9-4-7-16(15)18/h2-3,5-6,15-17H,4,7-12H2,1H3. The molecular formula is C16H24N2O. The van der Waals surface area contributed by atoms with Gasteiger partial charge in [0.1, 0.15) is 0 Å². The predicted molar refractivity (Wildman–Crippen MR) is 77.0 cm³/mol. The minimum atomic E-state index is 0.679. The number of fused-ring (bicyclic) bond motifs is 1. The maximum Gasteiger partial charge on any atom is 0.0716 e. The minimum Gasteiger partial charge on any atom is -0.380 e. The maximum atomic E-state index is 5.27. The molecule has 1 aromatic rings. The van der Waals surface area contributed by atoms with E-state index in [9.17, 15) is 0 Å². The topological polar surface area (TPSA) is 24.5 Å². The first-order chi connectivity index (χ1) is 9.38. The summed E-state index contributed by atoms with van der Waals surface area (Å²) < 4.78 is 5.27. The first-order valence-electron chi connectivity index (χ1n) is 7.41. The van der Waals surface area contributed by atoms with E-state index in [1.54, 1.807) is 7.11 Å². The molecule has 1 aromatic carbocycles. The third-order valence-electron chi connectivity index (χ3n) is 4.58. The number of rotatable bonds is 5. The largest absolute Gasteiger partial charge is 0.380 e. The van der Waals surface area contributed by atoms with Crippen LogP contribution in [-0.2, 0) is 17.9 Å². The van der Waals surface area contributed by atoms with Crippen LogP contribution in [0.1, 0.15) is 30.4 Å². The second-order valence-corrected chi connectivity index (χ2v) is 5.72. The van der Waals surface area contributed by atoms with E-state index in [1.165, 1.54) is 43.5 Å². The van der Waals surface area contributed by atoms with E-state index in [0.717, 1.165) is 12.6 Å². The summed E-state index contributed by atoms with van der Waals surface area (Å²) in [4.78, 5) is 2.65. The second kappa shape index (κ2) is 6.04. The predicted octanol–water partition coefficient (Wildman–Crippen LogP) is 2.16. The molecule has 0 amide bonds. The molecule has 1 N–H and O–H groups in total. The molecule has 2 heterocycles. The quantitative estimate of drug-likeness (QED) is 0.878. The molecule has 2 aliphatic rings. The van der Waals surface area contributed by atoms with Crippen molar-refractivity contribution in [2.45, 2.75) is 44.5 Å². The van der Waals surface area contributed by atoms with Crippen LogP contribution in [-0.4, -0.2) is 37.2 Å². The fraction of sp³-hybridized carbons (Fsp3) is 0.625. The van der Waals surface area contributed by atoms with Crippen molar-refractivity contribution in [1.82, 2.24) is 10.2 Å². The van der Waals surface area contributed by atoms with Crippen molar-refractivity contribution in [1.29, 1.82) is 0 Å². The van der Waals surface area contributed by atoms with Crippen LogP contribution in [0.5, 0.6) is 0 Å². The SMILES string of the molecule is COCc1ccccc1CNC1CCN2CCCC12. The van der Waals surface area contributed by atoms with Gasteiger partial charge in [-0.1, -0.05) is 24.3 Å². The Morgan fingerprint density at radius 3 is 2.89 bits per heavy atom. The van der Waals surface area contributed by atoms with Crippen molar-refractivity contribution in [2.75, 3.05) is 20.2 Å². The van der Waals surface area contributed by atoms with Gasteiger partial charge in [0.05, 0.1) is 6.61 Å². The van der Waals surface area contributed by atoms with Gasteiger partial charge in [0.15, 0.2) is 0 Å². The molecule has 0 saturated carbocycles. The van der Waals surface area contributed by atoms with Crippen molar-refractivity contribution in [3.8, 4) is 0 Å². The number of ether oxygens (including phenoxy) is 1. The van der Waals surface area contributed by atoms with Crippen LogP contribution in [0.25, 0.3) is 0 Å². The molecule has 2 atom stereocenters. The van der Waals surface area contributed by atoms with Crippen LogP contribution >= 0.6 is 0 Å². The fourth-order valence-corrected chi connectivity index (χ4v) is 3.59. The average molecular weight is 260 g/mol. The van der Waals surface area contributed by atoms with Gasteiger partial charge < -0.3 is 10.1 Å². The van der Waals surface area contributed by atoms with E-state index < -0.39 is 0 Å². The molecule has 0 radical (unpaired) electrons. The second-order valence-electron chi connectivity index (χ2n) is 5.72. The Morgan fingerprint density at radius 1 is 1.21 bits per heavy atom. The highest BCUT2D eigenvalue weighted by Crippen LogP contribution is 2.28. The number of nitrogens with one attached hydrogen (secondary N) is 1. The molecule has 0 aromatic heterocycles. The third-order valence-corrected chi connectivity index (χ3v) is 4.58. The summed E-state index contributed by atoms with van der Waals surface area (Å²) in [6.07, 6.45) is 4.05. The number of methoxy groups -OCH3 is 1. The van der Waals surface area contributed by atoms with E-state index in [0.29, 0.717) is 12.6 Å². The molecule has 0 spiro atoms. The van der Waals surface area contributed by atoms with E-state index >= 15 is 0 Å². The molecule has 3 nitrogen and oxygen atoms in total. The summed E-state index contributed by atoms with van der Waals surface area (Å²) >= 11 is 0. The third kappa shape index (κ3) is 2.83. The van der Waals surface area contributed by atoms with Gasteiger partial charge in [-0.2, -0.15) is 0 Å². The molecule has 2 unspecified atom stereocenters. The molecule has 2 fully saturated rings. The Bertz CT molecular complexity index is 421. The van der Waals surface area contributed by atoms with Crippen LogP contribution in [0.4, 0.5) is 0 Å². The molecule has 2 saturated heterocycles. The Labute approximate surface area is 115 Å². The number of nitrogens with zero attached hydrogens (tertiary/aromatic N) is 1. The Hall–Kier alpha value is -0.900. The summed E-state index contributed by atoms with van der Waals surface area (Å²) in [6, 6.07) is 10.0. The lowest BCUT2D eigenvalue weighted by Crippen LogP contribution is -2.38.